The molecular weight excluding hydrogens is 961 g/mol. The number of nitrogens with zero attached hydrogens (tertiary/aromatic N) is 2. The summed E-state index contributed by atoms with van der Waals surface area (Å²) in [6.45, 7) is 19.6. The van der Waals surface area contributed by atoms with E-state index in [1.807, 2.05) is 0 Å². The van der Waals surface area contributed by atoms with E-state index in [-0.39, 0.29) is 49.9 Å². The van der Waals surface area contributed by atoms with Crippen molar-refractivity contribution >= 4 is 47.9 Å². The number of aromatic nitrogens is 1. The van der Waals surface area contributed by atoms with Crippen molar-refractivity contribution in [2.24, 2.45) is 50.2 Å². The Morgan fingerprint density at radius 2 is 1.29 bits per heavy atom. The Labute approximate surface area is 432 Å². The molecule has 4 fully saturated rings. The number of allylic oxidation sites excluding steroid dienone is 2. The number of aliphatic hydroxyl groups excluding tert-OH is 2. The molecule has 0 radical (unpaired) electrons. The van der Waals surface area contributed by atoms with E-state index in [9.17, 15) is 36.9 Å². The number of carbonyl (C=O) groups is 1. The molecule has 4 saturated carbocycles. The number of hydrogen-bond donors (Lipinski definition) is 5. The van der Waals surface area contributed by atoms with E-state index >= 15 is 0 Å². The highest BCUT2D eigenvalue weighted by atomic mass is 32.2. The lowest BCUT2D eigenvalue weighted by molar-refractivity contribution is -0.218. The zero-order valence-corrected chi connectivity index (χ0v) is 45.4. The van der Waals surface area contributed by atoms with Gasteiger partial charge in [-0.15, -0.1) is 0 Å². The van der Waals surface area contributed by atoms with Gasteiger partial charge in [-0.2, -0.15) is 16.8 Å². The molecule has 1 aromatic heterocycles. The summed E-state index contributed by atoms with van der Waals surface area (Å²) < 4.78 is 65.2. The number of hydrogen-bond acceptors (Lipinski definition) is 8. The number of rotatable bonds is 5. The van der Waals surface area contributed by atoms with Gasteiger partial charge in [0.2, 0.25) is 0 Å². The Morgan fingerprint density at radius 1 is 0.685 bits per heavy atom. The Kier molecular flexibility index (Phi) is 13.7. The van der Waals surface area contributed by atoms with Crippen LogP contribution >= 0.6 is 0 Å². The summed E-state index contributed by atoms with van der Waals surface area (Å²) >= 11 is 0. The zero-order valence-electron chi connectivity index (χ0n) is 43.8. The Balaban J connectivity index is 0.000000144. The van der Waals surface area contributed by atoms with Crippen LogP contribution in [0.25, 0.3) is 21.7 Å². The minimum atomic E-state index is -4.47. The van der Waals surface area contributed by atoms with Gasteiger partial charge in [0.1, 0.15) is 15.2 Å². The van der Waals surface area contributed by atoms with E-state index in [1.165, 1.54) is 57.6 Å². The van der Waals surface area contributed by atoms with Gasteiger partial charge in [-0.3, -0.25) is 13.9 Å². The lowest BCUT2D eigenvalue weighted by Gasteiger charge is -2.71. The molecule has 0 spiro atoms. The highest BCUT2D eigenvalue weighted by Gasteiger charge is 2.71. The molecule has 11 rings (SSSR count). The number of fused-ring (bicyclic) bond motifs is 11. The van der Waals surface area contributed by atoms with Crippen LogP contribution in [0.15, 0.2) is 112 Å². The molecule has 1 aliphatic heterocycles. The standard InChI is InChI=1S/C30H48O4.C19H20N2.C10H8O6S2/c1-25(2)14-15-30(24(33)34)19(16-25)18-8-9-21-27(5)12-11-22(31)26(3,4)20(27)10-13-28(21,6)29(18,7)17-23(30)32;1-20-12-11-19-17(14-20)16-9-5-6-10-18(16)21(19)13-15-7-3-2-4-8-15;11-17(12,13)9-5-1-3-7-8(9)4-2-6-10(7)18(14,15)16/h8,19-23,31-32H,9-17H2,1-7H3,(H,33,34);2-10H,11-14H2,1H3;1-6H,(H,11,12,13)(H,14,15,16). The monoisotopic (exact) mass is 1040 g/mol. The fraction of sp³-hybridized carbons (Fsp3) is 0.542. The van der Waals surface area contributed by atoms with Crippen LogP contribution in [0.4, 0.5) is 0 Å². The second kappa shape index (κ2) is 18.7. The molecule has 4 aromatic carbocycles. The maximum Gasteiger partial charge on any atom is 0.312 e. The zero-order chi connectivity index (χ0) is 52.9. The van der Waals surface area contributed by atoms with Crippen molar-refractivity contribution in [1.82, 2.24) is 9.47 Å². The van der Waals surface area contributed by atoms with Crippen molar-refractivity contribution in [3.05, 3.63) is 119 Å². The number of carboxylic acid groups (broad SMARTS) is 1. The highest BCUT2D eigenvalue weighted by Crippen LogP contribution is 2.75. The molecule has 73 heavy (non-hydrogen) atoms. The summed E-state index contributed by atoms with van der Waals surface area (Å²) in [5, 5.41) is 34.5. The number of carboxylic acids is 1. The van der Waals surface area contributed by atoms with Gasteiger partial charge in [-0.05, 0) is 139 Å². The second-order valence-electron chi connectivity index (χ2n) is 24.7. The van der Waals surface area contributed by atoms with Crippen LogP contribution in [-0.4, -0.2) is 82.5 Å². The van der Waals surface area contributed by atoms with E-state index in [1.54, 1.807) is 0 Å². The smallest absolute Gasteiger partial charge is 0.312 e. The van der Waals surface area contributed by atoms with Gasteiger partial charge in [-0.1, -0.05) is 133 Å². The third kappa shape index (κ3) is 8.92. The first-order valence-corrected chi connectivity index (χ1v) is 29.1. The fourth-order valence-corrected chi connectivity index (χ4v) is 17.3. The summed E-state index contributed by atoms with van der Waals surface area (Å²) in [5.74, 6) is 0.0888. The van der Waals surface area contributed by atoms with Gasteiger partial charge in [0.25, 0.3) is 20.2 Å². The second-order valence-corrected chi connectivity index (χ2v) is 27.5. The number of likely N-dealkylation sites (N-methyl/N-ethyl adjacent to an activating group) is 1. The van der Waals surface area contributed by atoms with Gasteiger partial charge in [-0.25, -0.2) is 0 Å². The maximum atomic E-state index is 12.8. The van der Waals surface area contributed by atoms with Crippen LogP contribution in [0, 0.1) is 50.2 Å². The molecular formula is C59H76N2O10S2. The number of para-hydroxylation sites is 1. The number of aliphatic hydroxyl groups is 2. The average molecular weight is 1040 g/mol. The summed E-state index contributed by atoms with van der Waals surface area (Å²) in [4.78, 5) is 14.4. The lowest BCUT2D eigenvalue weighted by Crippen LogP contribution is -2.67. The first-order chi connectivity index (χ1) is 34.1. The number of aliphatic carboxylic acids is 1. The van der Waals surface area contributed by atoms with Crippen LogP contribution < -0.4 is 0 Å². The molecule has 2 heterocycles. The van der Waals surface area contributed by atoms with Crippen LogP contribution in [0.2, 0.25) is 0 Å². The fourth-order valence-electron chi connectivity index (χ4n) is 15.9. The van der Waals surface area contributed by atoms with Crippen molar-refractivity contribution in [1.29, 1.82) is 0 Å². The lowest BCUT2D eigenvalue weighted by atomic mass is 9.33. The van der Waals surface area contributed by atoms with Crippen molar-refractivity contribution in [3.63, 3.8) is 0 Å². The molecule has 0 bridgehead atoms. The molecule has 0 saturated heterocycles. The minimum Gasteiger partial charge on any atom is -0.481 e. The van der Waals surface area contributed by atoms with Crippen LogP contribution in [0.3, 0.4) is 0 Å². The van der Waals surface area contributed by atoms with Gasteiger partial charge < -0.3 is 24.8 Å². The molecule has 394 valence electrons. The highest BCUT2D eigenvalue weighted by molar-refractivity contribution is 7.86. The Morgan fingerprint density at radius 3 is 1.90 bits per heavy atom. The predicted octanol–water partition coefficient (Wildman–Crippen LogP) is 11.2. The normalized spacial score (nSPS) is 32.4. The van der Waals surface area contributed by atoms with Crippen molar-refractivity contribution < 1.29 is 46.1 Å². The van der Waals surface area contributed by atoms with Gasteiger partial charge in [0.05, 0.1) is 12.2 Å². The van der Waals surface area contributed by atoms with E-state index in [2.05, 4.69) is 126 Å². The van der Waals surface area contributed by atoms with E-state index in [0.717, 1.165) is 83.1 Å². The number of benzene rings is 4. The summed E-state index contributed by atoms with van der Waals surface area (Å²) in [6.07, 6.45) is 10.5. The molecule has 5 N–H and O–H groups in total. The van der Waals surface area contributed by atoms with Gasteiger partial charge in [0.15, 0.2) is 0 Å². The Hall–Kier alpha value is -4.41. The molecule has 9 unspecified atom stereocenters. The molecule has 5 aromatic rings. The van der Waals surface area contributed by atoms with Gasteiger partial charge in [0, 0.05) is 53.4 Å². The predicted molar refractivity (Wildman–Crippen MR) is 285 cm³/mol. The largest absolute Gasteiger partial charge is 0.481 e. The molecule has 14 heteroatoms. The van der Waals surface area contributed by atoms with Crippen molar-refractivity contribution in [3.8, 4) is 0 Å². The van der Waals surface area contributed by atoms with E-state index in [0.29, 0.717) is 24.7 Å². The molecule has 9 atom stereocenters. The first kappa shape index (κ1) is 53.4. The quantitative estimate of drug-likeness (QED) is 0.0830. The van der Waals surface area contributed by atoms with Crippen molar-refractivity contribution in [2.75, 3.05) is 13.6 Å². The third-order valence-corrected chi connectivity index (χ3v) is 21.8. The van der Waals surface area contributed by atoms with E-state index < -0.39 is 47.5 Å². The molecule has 0 amide bonds. The van der Waals surface area contributed by atoms with Gasteiger partial charge >= 0.3 is 5.97 Å². The topological polar surface area (TPSA) is 195 Å². The summed E-state index contributed by atoms with van der Waals surface area (Å²) in [5.41, 5.74) is 6.10. The molecule has 5 aliphatic carbocycles. The first-order valence-electron chi connectivity index (χ1n) is 26.2. The van der Waals surface area contributed by atoms with Crippen LogP contribution in [0.1, 0.15) is 123 Å². The average Bonchev–Trinajstić information content (AvgIpc) is 3.61. The summed E-state index contributed by atoms with van der Waals surface area (Å²) in [7, 11) is -6.72. The SMILES string of the molecule is CC1(C)CCC2(C(=O)O)C(O)CC3(C)C(=CCC4C5(C)CCC(O)C(C)(C)C5CCC43C)C2C1.CN1CCc2c(c3ccccc3n2Cc2ccccc2)C1.O=S(=O)(O)c1cccc2c(S(=O)(=O)O)cccc12. The summed E-state index contributed by atoms with van der Waals surface area (Å²) in [6, 6.07) is 27.1. The molecule has 12 nitrogen and oxygen atoms in total. The minimum absolute atomic E-state index is 0.0218. The maximum absolute atomic E-state index is 12.8. The van der Waals surface area contributed by atoms with E-state index in [4.69, 9.17) is 9.11 Å². The third-order valence-electron chi connectivity index (χ3n) is 20.0. The van der Waals surface area contributed by atoms with Crippen LogP contribution in [-0.2, 0) is 44.5 Å². The van der Waals surface area contributed by atoms with Crippen LogP contribution in [0.5, 0.6) is 0 Å². The molecule has 6 aliphatic rings. The van der Waals surface area contributed by atoms with Crippen molar-refractivity contribution in [2.45, 2.75) is 148 Å². The Bertz CT molecular complexity index is 3130.